The number of carbonyl (C=O) groups excluding carboxylic acids is 1. The van der Waals surface area contributed by atoms with Crippen LogP contribution in [0.1, 0.15) is 30.9 Å². The molecule has 0 bridgehead atoms. The molecule has 1 aromatic rings. The highest BCUT2D eigenvalue weighted by atomic mass is 19.1. The number of hydrogen-bond donors (Lipinski definition) is 1. The monoisotopic (exact) mass is 264 g/mol. The molecular formula is C15H21FN2O. The third-order valence-electron chi connectivity index (χ3n) is 3.62. The highest BCUT2D eigenvalue weighted by Gasteiger charge is 2.21. The third kappa shape index (κ3) is 3.77. The average Bonchev–Trinajstić information content (AvgIpc) is 2.76. The van der Waals surface area contributed by atoms with E-state index in [1.54, 1.807) is 12.1 Å². The summed E-state index contributed by atoms with van der Waals surface area (Å²) in [6.07, 6.45) is 1.64. The summed E-state index contributed by atoms with van der Waals surface area (Å²) < 4.78 is 13.2. The molecule has 1 fully saturated rings. The fraction of sp³-hybridized carbons (Fsp3) is 0.533. The van der Waals surface area contributed by atoms with E-state index in [0.29, 0.717) is 13.0 Å². The minimum absolute atomic E-state index is 0.204. The molecule has 1 saturated heterocycles. The van der Waals surface area contributed by atoms with Crippen molar-refractivity contribution in [3.8, 4) is 0 Å². The molecule has 4 heteroatoms. The summed E-state index contributed by atoms with van der Waals surface area (Å²) in [4.78, 5) is 13.4. The Morgan fingerprint density at radius 3 is 2.95 bits per heavy atom. The van der Waals surface area contributed by atoms with Crippen molar-refractivity contribution in [3.05, 3.63) is 35.1 Å². The number of halogens is 1. The van der Waals surface area contributed by atoms with E-state index < -0.39 is 0 Å². The molecule has 0 aromatic heterocycles. The minimum atomic E-state index is -0.204. The van der Waals surface area contributed by atoms with Gasteiger partial charge in [-0.25, -0.2) is 4.39 Å². The van der Waals surface area contributed by atoms with Crippen molar-refractivity contribution in [3.63, 3.8) is 0 Å². The van der Waals surface area contributed by atoms with E-state index in [-0.39, 0.29) is 17.8 Å². The van der Waals surface area contributed by atoms with Gasteiger partial charge in [-0.1, -0.05) is 6.07 Å². The number of nitrogens with one attached hydrogen (secondary N) is 1. The Morgan fingerprint density at radius 1 is 1.47 bits per heavy atom. The van der Waals surface area contributed by atoms with Gasteiger partial charge in [-0.2, -0.15) is 0 Å². The largest absolute Gasteiger partial charge is 0.341 e. The van der Waals surface area contributed by atoms with Gasteiger partial charge in [-0.05, 0) is 43.5 Å². The van der Waals surface area contributed by atoms with E-state index in [2.05, 4.69) is 12.2 Å². The van der Waals surface area contributed by atoms with Gasteiger partial charge >= 0.3 is 0 Å². The summed E-state index contributed by atoms with van der Waals surface area (Å²) >= 11 is 0. The van der Waals surface area contributed by atoms with E-state index in [9.17, 15) is 9.18 Å². The van der Waals surface area contributed by atoms with Crippen LogP contribution in [0, 0.1) is 12.7 Å². The van der Waals surface area contributed by atoms with E-state index in [1.165, 1.54) is 6.07 Å². The molecular weight excluding hydrogens is 243 g/mol. The Hall–Kier alpha value is -1.42. The van der Waals surface area contributed by atoms with Crippen LogP contribution < -0.4 is 5.32 Å². The molecule has 0 radical (unpaired) electrons. The maximum atomic E-state index is 13.2. The van der Waals surface area contributed by atoms with E-state index in [0.717, 1.165) is 30.6 Å². The molecule has 1 N–H and O–H groups in total. The third-order valence-corrected chi connectivity index (χ3v) is 3.62. The first kappa shape index (κ1) is 14.0. The van der Waals surface area contributed by atoms with Crippen molar-refractivity contribution in [1.82, 2.24) is 10.2 Å². The van der Waals surface area contributed by atoms with Crippen molar-refractivity contribution in [2.45, 2.75) is 39.3 Å². The van der Waals surface area contributed by atoms with Gasteiger partial charge in [0.15, 0.2) is 0 Å². The lowest BCUT2D eigenvalue weighted by Gasteiger charge is -2.22. The molecule has 1 aliphatic heterocycles. The van der Waals surface area contributed by atoms with E-state index in [1.807, 2.05) is 11.8 Å². The highest BCUT2D eigenvalue weighted by molar-refractivity contribution is 5.78. The summed E-state index contributed by atoms with van der Waals surface area (Å²) in [6, 6.07) is 5.05. The van der Waals surface area contributed by atoms with Crippen LogP contribution in [0.15, 0.2) is 18.2 Å². The molecule has 1 aliphatic rings. The zero-order valence-corrected chi connectivity index (χ0v) is 11.6. The zero-order chi connectivity index (χ0) is 13.8. The number of carbonyl (C=O) groups is 1. The first-order valence-electron chi connectivity index (χ1n) is 6.82. The van der Waals surface area contributed by atoms with Crippen LogP contribution in [0.25, 0.3) is 0 Å². The fourth-order valence-corrected chi connectivity index (χ4v) is 2.41. The molecule has 0 spiro atoms. The van der Waals surface area contributed by atoms with Crippen LogP contribution in [0.3, 0.4) is 0 Å². The van der Waals surface area contributed by atoms with Gasteiger partial charge < -0.3 is 10.2 Å². The van der Waals surface area contributed by atoms with Crippen LogP contribution >= 0.6 is 0 Å². The molecule has 1 aromatic carbocycles. The Morgan fingerprint density at radius 2 is 2.26 bits per heavy atom. The van der Waals surface area contributed by atoms with Gasteiger partial charge in [0.2, 0.25) is 5.91 Å². The number of likely N-dealkylation sites (tertiary alicyclic amines) is 1. The average molecular weight is 264 g/mol. The summed E-state index contributed by atoms with van der Waals surface area (Å²) in [6.45, 7) is 6.26. The number of amides is 1. The number of benzene rings is 1. The highest BCUT2D eigenvalue weighted by Crippen LogP contribution is 2.12. The molecule has 2 rings (SSSR count). The summed E-state index contributed by atoms with van der Waals surface area (Å²) in [5.74, 6) is 0.0420. The standard InChI is InChI=1S/C15H21FN2O/c1-11-5-6-14(16)8-13(11)9-17-12(2)10-18-7-3-4-15(18)19/h5-6,8,12,17H,3-4,7,9-10H2,1-2H3. The molecule has 0 saturated carbocycles. The lowest BCUT2D eigenvalue weighted by molar-refractivity contribution is -0.127. The first-order valence-corrected chi connectivity index (χ1v) is 6.82. The van der Waals surface area contributed by atoms with Crippen LogP contribution in [0.2, 0.25) is 0 Å². The smallest absolute Gasteiger partial charge is 0.222 e. The Bertz CT molecular complexity index is 461. The number of nitrogens with zero attached hydrogens (tertiary/aromatic N) is 1. The molecule has 1 atom stereocenters. The molecule has 1 amide bonds. The quantitative estimate of drug-likeness (QED) is 0.884. The van der Waals surface area contributed by atoms with Crippen molar-refractivity contribution in [1.29, 1.82) is 0 Å². The van der Waals surface area contributed by atoms with Gasteiger partial charge in [-0.3, -0.25) is 4.79 Å². The fourth-order valence-electron chi connectivity index (χ4n) is 2.41. The van der Waals surface area contributed by atoms with Crippen molar-refractivity contribution in [2.24, 2.45) is 0 Å². The number of aryl methyl sites for hydroxylation is 1. The second kappa shape index (κ2) is 6.15. The molecule has 0 aliphatic carbocycles. The van der Waals surface area contributed by atoms with E-state index >= 15 is 0 Å². The Balaban J connectivity index is 1.84. The van der Waals surface area contributed by atoms with Gasteiger partial charge in [0.05, 0.1) is 0 Å². The van der Waals surface area contributed by atoms with E-state index in [4.69, 9.17) is 0 Å². The Kier molecular flexibility index (Phi) is 4.53. The van der Waals surface area contributed by atoms with Crippen molar-refractivity contribution < 1.29 is 9.18 Å². The van der Waals surface area contributed by atoms with Gasteiger partial charge in [0, 0.05) is 32.1 Å². The molecule has 3 nitrogen and oxygen atoms in total. The maximum absolute atomic E-state index is 13.2. The predicted molar refractivity (Wildman–Crippen MR) is 73.3 cm³/mol. The van der Waals surface area contributed by atoms with Gasteiger partial charge in [0.25, 0.3) is 0 Å². The molecule has 1 heterocycles. The second-order valence-corrected chi connectivity index (χ2v) is 5.30. The maximum Gasteiger partial charge on any atom is 0.222 e. The van der Waals surface area contributed by atoms with Crippen LogP contribution in [-0.4, -0.2) is 29.9 Å². The summed E-state index contributed by atoms with van der Waals surface area (Å²) in [5.41, 5.74) is 2.05. The zero-order valence-electron chi connectivity index (χ0n) is 11.6. The number of hydrogen-bond acceptors (Lipinski definition) is 2. The number of rotatable bonds is 5. The lowest BCUT2D eigenvalue weighted by atomic mass is 10.1. The van der Waals surface area contributed by atoms with Gasteiger partial charge in [-0.15, -0.1) is 0 Å². The molecule has 104 valence electrons. The van der Waals surface area contributed by atoms with Gasteiger partial charge in [0.1, 0.15) is 5.82 Å². The van der Waals surface area contributed by atoms with Crippen LogP contribution in [-0.2, 0) is 11.3 Å². The predicted octanol–water partition coefficient (Wildman–Crippen LogP) is 2.23. The minimum Gasteiger partial charge on any atom is -0.341 e. The first-order chi connectivity index (χ1) is 9.06. The summed E-state index contributed by atoms with van der Waals surface area (Å²) in [7, 11) is 0. The lowest BCUT2D eigenvalue weighted by Crippen LogP contribution is -2.39. The summed E-state index contributed by atoms with van der Waals surface area (Å²) in [5, 5.41) is 3.35. The normalized spacial score (nSPS) is 17.0. The topological polar surface area (TPSA) is 32.3 Å². The van der Waals surface area contributed by atoms with Crippen LogP contribution in [0.5, 0.6) is 0 Å². The van der Waals surface area contributed by atoms with Crippen LogP contribution in [0.4, 0.5) is 4.39 Å². The molecule has 1 unspecified atom stereocenters. The van der Waals surface area contributed by atoms with Crippen molar-refractivity contribution in [2.75, 3.05) is 13.1 Å². The van der Waals surface area contributed by atoms with Crippen molar-refractivity contribution >= 4 is 5.91 Å². The SMILES string of the molecule is Cc1ccc(F)cc1CNC(C)CN1CCCC1=O. The Labute approximate surface area is 113 Å². The molecule has 19 heavy (non-hydrogen) atoms. The second-order valence-electron chi connectivity index (χ2n) is 5.30.